The van der Waals surface area contributed by atoms with Crippen LogP contribution in [-0.2, 0) is 9.59 Å². The molecule has 2 fully saturated rings. The second-order valence-electron chi connectivity index (χ2n) is 13.1. The summed E-state index contributed by atoms with van der Waals surface area (Å²) in [5.41, 5.74) is 5.18. The zero-order chi connectivity index (χ0) is 23.5. The molecule has 0 amide bonds. The molecule has 4 aliphatic carbocycles. The van der Waals surface area contributed by atoms with E-state index in [1.54, 1.807) is 11.1 Å². The molecule has 0 heterocycles. The first-order valence-corrected chi connectivity index (χ1v) is 13.3. The molecule has 6 atom stereocenters. The van der Waals surface area contributed by atoms with Gasteiger partial charge in [-0.2, -0.15) is 0 Å². The molecule has 2 nitrogen and oxygen atoms in total. The quantitative estimate of drug-likeness (QED) is 0.249. The van der Waals surface area contributed by atoms with Crippen molar-refractivity contribution in [1.82, 2.24) is 0 Å². The van der Waals surface area contributed by atoms with Crippen LogP contribution in [0.15, 0.2) is 22.8 Å². The van der Waals surface area contributed by atoms with Gasteiger partial charge in [0.2, 0.25) is 0 Å². The van der Waals surface area contributed by atoms with Crippen LogP contribution in [0.4, 0.5) is 0 Å². The van der Waals surface area contributed by atoms with E-state index in [-0.39, 0.29) is 10.8 Å². The molecule has 0 aromatic carbocycles. The van der Waals surface area contributed by atoms with Crippen molar-refractivity contribution in [2.24, 2.45) is 39.4 Å². The normalized spacial score (nSPS) is 42.2. The summed E-state index contributed by atoms with van der Waals surface area (Å²) in [6.45, 7) is 16.6. The molecule has 2 unspecified atom stereocenters. The average Bonchev–Trinajstić information content (AvgIpc) is 3.02. The molecule has 0 bridgehead atoms. The highest BCUT2D eigenvalue weighted by Gasteiger charge is 2.63. The van der Waals surface area contributed by atoms with Crippen LogP contribution in [0.3, 0.4) is 0 Å². The van der Waals surface area contributed by atoms with Crippen LogP contribution < -0.4 is 0 Å². The van der Waals surface area contributed by atoms with Gasteiger partial charge in [-0.3, -0.25) is 9.59 Å². The Morgan fingerprint density at radius 2 is 1.72 bits per heavy atom. The molecular formula is C30H46O2. The van der Waals surface area contributed by atoms with Gasteiger partial charge in [0.1, 0.15) is 12.1 Å². The fourth-order valence-electron chi connectivity index (χ4n) is 9.27. The van der Waals surface area contributed by atoms with E-state index in [4.69, 9.17) is 0 Å². The van der Waals surface area contributed by atoms with E-state index in [0.29, 0.717) is 28.4 Å². The van der Waals surface area contributed by atoms with Crippen LogP contribution in [-0.4, -0.2) is 12.1 Å². The number of allylic oxidation sites excluding steroid dienone is 4. The summed E-state index contributed by atoms with van der Waals surface area (Å²) in [7, 11) is 0. The Morgan fingerprint density at radius 3 is 2.41 bits per heavy atom. The number of rotatable bonds is 5. The third-order valence-electron chi connectivity index (χ3n) is 11.5. The van der Waals surface area contributed by atoms with Crippen molar-refractivity contribution >= 4 is 12.1 Å². The van der Waals surface area contributed by atoms with Gasteiger partial charge in [0.15, 0.2) is 0 Å². The SMILES string of the molecule is C/C(C=O)=C/CC[C@@H](C)C1CC[C@]2(C)C3=C(CC[C@@]12C)[C@@]1(C)CCC(=O)C(C)(C)C1CC3. The summed E-state index contributed by atoms with van der Waals surface area (Å²) in [4.78, 5) is 23.7. The number of fused-ring (bicyclic) bond motifs is 4. The molecule has 0 N–H and O–H groups in total. The highest BCUT2D eigenvalue weighted by atomic mass is 16.1. The maximum atomic E-state index is 12.8. The molecule has 4 rings (SSSR count). The third-order valence-corrected chi connectivity index (χ3v) is 11.5. The van der Waals surface area contributed by atoms with Gasteiger partial charge in [-0.05, 0) is 104 Å². The van der Waals surface area contributed by atoms with Gasteiger partial charge in [-0.25, -0.2) is 0 Å². The molecule has 0 aliphatic heterocycles. The van der Waals surface area contributed by atoms with E-state index in [0.717, 1.165) is 37.0 Å². The summed E-state index contributed by atoms with van der Waals surface area (Å²) in [5, 5.41) is 0. The van der Waals surface area contributed by atoms with Gasteiger partial charge in [0.25, 0.3) is 0 Å². The highest BCUT2D eigenvalue weighted by Crippen LogP contribution is 2.72. The number of ketones is 1. The van der Waals surface area contributed by atoms with Gasteiger partial charge in [0.05, 0.1) is 0 Å². The Labute approximate surface area is 196 Å². The summed E-state index contributed by atoms with van der Waals surface area (Å²) < 4.78 is 0. The zero-order valence-electron chi connectivity index (χ0n) is 21.8. The molecular weight excluding hydrogens is 392 g/mol. The van der Waals surface area contributed by atoms with Gasteiger partial charge in [-0.1, -0.05) is 58.8 Å². The lowest BCUT2D eigenvalue weighted by Gasteiger charge is -2.61. The molecule has 0 aromatic rings. The number of carbonyl (C=O) groups is 2. The fourth-order valence-corrected chi connectivity index (χ4v) is 9.27. The van der Waals surface area contributed by atoms with E-state index in [2.05, 4.69) is 47.6 Å². The van der Waals surface area contributed by atoms with Crippen molar-refractivity contribution < 1.29 is 9.59 Å². The van der Waals surface area contributed by atoms with E-state index in [9.17, 15) is 9.59 Å². The molecule has 0 spiro atoms. The second kappa shape index (κ2) is 7.95. The lowest BCUT2D eigenvalue weighted by Crippen LogP contribution is -2.53. The van der Waals surface area contributed by atoms with Crippen molar-refractivity contribution in [3.05, 3.63) is 22.8 Å². The highest BCUT2D eigenvalue weighted by molar-refractivity contribution is 5.85. The molecule has 0 saturated heterocycles. The Hall–Kier alpha value is -1.18. The van der Waals surface area contributed by atoms with Crippen molar-refractivity contribution in [2.45, 2.75) is 113 Å². The Morgan fingerprint density at radius 1 is 1.00 bits per heavy atom. The standard InChI is InChI=1S/C30H46O2/c1-20(19-31)9-8-10-21(2)22-13-17-30(7)24-11-12-25-27(3,4)26(32)15-16-28(25,5)23(24)14-18-29(22,30)6/h9,19,21-22,25H,8,10-18H2,1-7H3/b20-9-/t21-,22?,25?,28-,29+,30-/m1/s1. The minimum atomic E-state index is -0.174. The lowest BCUT2D eigenvalue weighted by atomic mass is 9.43. The smallest absolute Gasteiger partial charge is 0.145 e. The summed E-state index contributed by atoms with van der Waals surface area (Å²) in [6, 6.07) is 0. The van der Waals surface area contributed by atoms with Crippen LogP contribution in [0.5, 0.6) is 0 Å². The topological polar surface area (TPSA) is 34.1 Å². The minimum Gasteiger partial charge on any atom is -0.299 e. The number of aldehydes is 1. The molecule has 0 aromatic heterocycles. The molecule has 4 aliphatic rings. The van der Waals surface area contributed by atoms with Gasteiger partial charge in [0, 0.05) is 11.8 Å². The minimum absolute atomic E-state index is 0.174. The third kappa shape index (κ3) is 3.25. The first kappa shape index (κ1) is 24.0. The number of carbonyl (C=O) groups excluding carboxylic acids is 2. The van der Waals surface area contributed by atoms with Crippen LogP contribution in [0, 0.1) is 39.4 Å². The predicted molar refractivity (Wildman–Crippen MR) is 132 cm³/mol. The van der Waals surface area contributed by atoms with Crippen molar-refractivity contribution in [2.75, 3.05) is 0 Å². The lowest BCUT2D eigenvalue weighted by molar-refractivity contribution is -0.139. The van der Waals surface area contributed by atoms with Crippen LogP contribution >= 0.6 is 0 Å². The van der Waals surface area contributed by atoms with Gasteiger partial charge < -0.3 is 0 Å². The van der Waals surface area contributed by atoms with E-state index < -0.39 is 0 Å². The Kier molecular flexibility index (Phi) is 5.95. The monoisotopic (exact) mass is 438 g/mol. The average molecular weight is 439 g/mol. The Bertz CT molecular complexity index is 860. The van der Waals surface area contributed by atoms with E-state index in [1.807, 2.05) is 6.92 Å². The Balaban J connectivity index is 1.63. The maximum Gasteiger partial charge on any atom is 0.145 e. The fraction of sp³-hybridized carbons (Fsp3) is 0.800. The molecule has 0 radical (unpaired) electrons. The summed E-state index contributed by atoms with van der Waals surface area (Å²) in [6.07, 6.45) is 14.7. The summed E-state index contributed by atoms with van der Waals surface area (Å²) >= 11 is 0. The maximum absolute atomic E-state index is 12.8. The van der Waals surface area contributed by atoms with Gasteiger partial charge >= 0.3 is 0 Å². The number of hydrogen-bond donors (Lipinski definition) is 0. The molecule has 2 saturated carbocycles. The van der Waals surface area contributed by atoms with Crippen LogP contribution in [0.25, 0.3) is 0 Å². The summed E-state index contributed by atoms with van der Waals surface area (Å²) in [5.74, 6) is 2.45. The van der Waals surface area contributed by atoms with E-state index in [1.165, 1.54) is 44.9 Å². The number of Topliss-reactive ketones (excluding diaryl/α,β-unsaturated/α-hetero) is 1. The van der Waals surface area contributed by atoms with Crippen molar-refractivity contribution in [1.29, 1.82) is 0 Å². The van der Waals surface area contributed by atoms with E-state index >= 15 is 0 Å². The zero-order valence-corrected chi connectivity index (χ0v) is 21.8. The predicted octanol–water partition coefficient (Wildman–Crippen LogP) is 7.87. The first-order valence-electron chi connectivity index (χ1n) is 13.3. The van der Waals surface area contributed by atoms with Crippen LogP contribution in [0.1, 0.15) is 113 Å². The van der Waals surface area contributed by atoms with Gasteiger partial charge in [-0.15, -0.1) is 0 Å². The molecule has 2 heteroatoms. The number of hydrogen-bond acceptors (Lipinski definition) is 2. The van der Waals surface area contributed by atoms with Crippen molar-refractivity contribution in [3.8, 4) is 0 Å². The second-order valence-corrected chi connectivity index (χ2v) is 13.1. The van der Waals surface area contributed by atoms with Crippen molar-refractivity contribution in [3.63, 3.8) is 0 Å². The largest absolute Gasteiger partial charge is 0.299 e. The van der Waals surface area contributed by atoms with Crippen LogP contribution in [0.2, 0.25) is 0 Å². The molecule has 32 heavy (non-hydrogen) atoms. The first-order chi connectivity index (χ1) is 14.9. The molecule has 178 valence electrons.